The Kier molecular flexibility index (Phi) is 2.99. The van der Waals surface area contributed by atoms with Gasteiger partial charge in [0.1, 0.15) is 5.69 Å². The van der Waals surface area contributed by atoms with Crippen molar-refractivity contribution in [3.63, 3.8) is 0 Å². The lowest BCUT2D eigenvalue weighted by Gasteiger charge is -2.08. The number of nitrogens with two attached hydrogens (primary N) is 1. The number of pyridine rings is 1. The van der Waals surface area contributed by atoms with E-state index < -0.39 is 0 Å². The highest BCUT2D eigenvalue weighted by Crippen LogP contribution is 2.23. The highest BCUT2D eigenvalue weighted by Gasteiger charge is 2.15. The van der Waals surface area contributed by atoms with Gasteiger partial charge >= 0.3 is 0 Å². The molecule has 3 rings (SSSR count). The molecule has 5 nitrogen and oxygen atoms in total. The monoisotopic (exact) mass is 267 g/mol. The predicted octanol–water partition coefficient (Wildman–Crippen LogP) is 2.45. The number of rotatable bonds is 2. The Morgan fingerprint density at radius 1 is 1.15 bits per heavy atom. The molecular formula is C15H17N5. The van der Waals surface area contributed by atoms with E-state index >= 15 is 0 Å². The van der Waals surface area contributed by atoms with Crippen molar-refractivity contribution >= 4 is 10.9 Å². The summed E-state index contributed by atoms with van der Waals surface area (Å²) in [7, 11) is 0. The van der Waals surface area contributed by atoms with Gasteiger partial charge in [-0.15, -0.1) is 5.10 Å². The molecule has 1 unspecified atom stereocenters. The van der Waals surface area contributed by atoms with Crippen molar-refractivity contribution in [2.75, 3.05) is 0 Å². The second-order valence-electron chi connectivity index (χ2n) is 5.06. The van der Waals surface area contributed by atoms with Gasteiger partial charge in [-0.05, 0) is 32.9 Å². The molecule has 0 aliphatic heterocycles. The number of hydrogen-bond acceptors (Lipinski definition) is 4. The van der Waals surface area contributed by atoms with Gasteiger partial charge in [0.15, 0.2) is 0 Å². The van der Waals surface area contributed by atoms with E-state index in [2.05, 4.69) is 21.4 Å². The molecule has 0 saturated carbocycles. The van der Waals surface area contributed by atoms with Crippen LogP contribution in [0.25, 0.3) is 16.6 Å². The minimum absolute atomic E-state index is 0.131. The van der Waals surface area contributed by atoms with Crippen LogP contribution in [0, 0.1) is 13.8 Å². The van der Waals surface area contributed by atoms with Crippen molar-refractivity contribution in [3.8, 4) is 5.69 Å². The average Bonchev–Trinajstić information content (AvgIpc) is 2.80. The third-order valence-electron chi connectivity index (χ3n) is 3.43. The first kappa shape index (κ1) is 12.7. The number of nitrogens with zero attached hydrogens (tertiary/aromatic N) is 4. The summed E-state index contributed by atoms with van der Waals surface area (Å²) in [6.45, 7) is 5.87. The van der Waals surface area contributed by atoms with Crippen LogP contribution in [0.1, 0.15) is 30.0 Å². The molecule has 2 N–H and O–H groups in total. The SMILES string of the molecule is Cc1ccc2cccc(-n3nnc(C(C)N)c3C)c2n1. The Hall–Kier alpha value is -2.27. The molecule has 0 radical (unpaired) electrons. The smallest absolute Gasteiger partial charge is 0.102 e. The maximum absolute atomic E-state index is 5.91. The lowest BCUT2D eigenvalue weighted by molar-refractivity contribution is 0.757. The highest BCUT2D eigenvalue weighted by atomic mass is 15.4. The Morgan fingerprint density at radius 3 is 2.65 bits per heavy atom. The van der Waals surface area contributed by atoms with E-state index in [0.717, 1.165) is 33.7 Å². The van der Waals surface area contributed by atoms with Crippen LogP contribution in [0.2, 0.25) is 0 Å². The summed E-state index contributed by atoms with van der Waals surface area (Å²) >= 11 is 0. The standard InChI is InChI=1S/C15H17N5/c1-9-7-8-12-5-4-6-13(15(12)17-9)20-11(3)14(10(2)16)18-19-20/h4-8,10H,16H2,1-3H3. The van der Waals surface area contributed by atoms with E-state index in [9.17, 15) is 0 Å². The van der Waals surface area contributed by atoms with Crippen LogP contribution >= 0.6 is 0 Å². The average molecular weight is 267 g/mol. The molecule has 0 spiro atoms. The highest BCUT2D eigenvalue weighted by molar-refractivity contribution is 5.86. The van der Waals surface area contributed by atoms with E-state index in [-0.39, 0.29) is 6.04 Å². The van der Waals surface area contributed by atoms with Gasteiger partial charge in [-0.1, -0.05) is 23.4 Å². The summed E-state index contributed by atoms with van der Waals surface area (Å²) in [4.78, 5) is 4.63. The Morgan fingerprint density at radius 2 is 1.95 bits per heavy atom. The van der Waals surface area contributed by atoms with Crippen molar-refractivity contribution in [2.24, 2.45) is 5.73 Å². The summed E-state index contributed by atoms with van der Waals surface area (Å²) in [5, 5.41) is 9.50. The quantitative estimate of drug-likeness (QED) is 0.774. The number of para-hydroxylation sites is 1. The van der Waals surface area contributed by atoms with E-state index in [1.165, 1.54) is 0 Å². The van der Waals surface area contributed by atoms with Crippen LogP contribution in [0.15, 0.2) is 30.3 Å². The van der Waals surface area contributed by atoms with Crippen LogP contribution in [0.5, 0.6) is 0 Å². The van der Waals surface area contributed by atoms with Gasteiger partial charge in [0, 0.05) is 17.1 Å². The van der Waals surface area contributed by atoms with Crippen LogP contribution in [-0.2, 0) is 0 Å². The largest absolute Gasteiger partial charge is 0.323 e. The molecule has 0 aliphatic carbocycles. The first-order valence-electron chi connectivity index (χ1n) is 6.62. The fraction of sp³-hybridized carbons (Fsp3) is 0.267. The van der Waals surface area contributed by atoms with Crippen molar-refractivity contribution in [3.05, 3.63) is 47.4 Å². The summed E-state index contributed by atoms with van der Waals surface area (Å²) < 4.78 is 1.81. The van der Waals surface area contributed by atoms with Crippen LogP contribution in [-0.4, -0.2) is 20.0 Å². The normalized spacial score (nSPS) is 12.8. The molecule has 0 aliphatic rings. The molecule has 102 valence electrons. The zero-order chi connectivity index (χ0) is 14.3. The van der Waals surface area contributed by atoms with Crippen LogP contribution < -0.4 is 5.73 Å². The number of benzene rings is 1. The van der Waals surface area contributed by atoms with Crippen molar-refractivity contribution in [2.45, 2.75) is 26.8 Å². The first-order chi connectivity index (χ1) is 9.58. The molecule has 1 aromatic carbocycles. The molecule has 2 heterocycles. The van der Waals surface area contributed by atoms with Gasteiger partial charge < -0.3 is 5.73 Å². The number of aromatic nitrogens is 4. The fourth-order valence-corrected chi connectivity index (χ4v) is 2.39. The maximum atomic E-state index is 5.91. The van der Waals surface area contributed by atoms with Gasteiger partial charge in [0.05, 0.1) is 16.9 Å². The van der Waals surface area contributed by atoms with Gasteiger partial charge in [-0.3, -0.25) is 4.98 Å². The number of hydrogen-bond donors (Lipinski definition) is 1. The van der Waals surface area contributed by atoms with E-state index in [0.29, 0.717) is 0 Å². The van der Waals surface area contributed by atoms with E-state index in [4.69, 9.17) is 5.73 Å². The summed E-state index contributed by atoms with van der Waals surface area (Å²) in [6, 6.07) is 9.99. The molecule has 20 heavy (non-hydrogen) atoms. The molecule has 0 saturated heterocycles. The maximum Gasteiger partial charge on any atom is 0.102 e. The predicted molar refractivity (Wildman–Crippen MR) is 78.7 cm³/mol. The van der Waals surface area contributed by atoms with Crippen LogP contribution in [0.4, 0.5) is 0 Å². The fourth-order valence-electron chi connectivity index (χ4n) is 2.39. The Labute approximate surface area is 117 Å². The number of fused-ring (bicyclic) bond motifs is 1. The minimum atomic E-state index is -0.131. The second-order valence-corrected chi connectivity index (χ2v) is 5.06. The van der Waals surface area contributed by atoms with Crippen molar-refractivity contribution < 1.29 is 0 Å². The third-order valence-corrected chi connectivity index (χ3v) is 3.43. The zero-order valence-corrected chi connectivity index (χ0v) is 11.8. The third kappa shape index (κ3) is 1.96. The Bertz CT molecular complexity index is 773. The number of aryl methyl sites for hydroxylation is 1. The van der Waals surface area contributed by atoms with Crippen LogP contribution in [0.3, 0.4) is 0 Å². The zero-order valence-electron chi connectivity index (χ0n) is 11.8. The molecule has 0 fully saturated rings. The van der Waals surface area contributed by atoms with E-state index in [1.54, 1.807) is 0 Å². The first-order valence-corrected chi connectivity index (χ1v) is 6.62. The van der Waals surface area contributed by atoms with E-state index in [1.807, 2.05) is 49.7 Å². The topological polar surface area (TPSA) is 69.6 Å². The molecule has 2 aromatic heterocycles. The minimum Gasteiger partial charge on any atom is -0.323 e. The molecule has 1 atom stereocenters. The molecule has 0 bridgehead atoms. The molecule has 5 heteroatoms. The summed E-state index contributed by atoms with van der Waals surface area (Å²) in [6.07, 6.45) is 0. The van der Waals surface area contributed by atoms with Gasteiger partial charge in [-0.25, -0.2) is 4.68 Å². The summed E-state index contributed by atoms with van der Waals surface area (Å²) in [5.74, 6) is 0. The van der Waals surface area contributed by atoms with Gasteiger partial charge in [0.25, 0.3) is 0 Å². The Balaban J connectivity index is 2.27. The van der Waals surface area contributed by atoms with Crippen molar-refractivity contribution in [1.82, 2.24) is 20.0 Å². The van der Waals surface area contributed by atoms with Gasteiger partial charge in [0.2, 0.25) is 0 Å². The lowest BCUT2D eigenvalue weighted by atomic mass is 10.1. The van der Waals surface area contributed by atoms with Gasteiger partial charge in [-0.2, -0.15) is 0 Å². The molecule has 0 amide bonds. The molecule has 3 aromatic rings. The lowest BCUT2D eigenvalue weighted by Crippen LogP contribution is -2.08. The summed E-state index contributed by atoms with van der Waals surface area (Å²) in [5.41, 5.74) is 10.5. The van der Waals surface area contributed by atoms with Crippen molar-refractivity contribution in [1.29, 1.82) is 0 Å². The second kappa shape index (κ2) is 4.68. The molecular weight excluding hydrogens is 250 g/mol.